The average Bonchev–Trinajstić information content (AvgIpc) is 3.18. The first kappa shape index (κ1) is 19.0. The van der Waals surface area contributed by atoms with Gasteiger partial charge in [0.25, 0.3) is 0 Å². The zero-order valence-electron chi connectivity index (χ0n) is 17.4. The van der Waals surface area contributed by atoms with Crippen molar-refractivity contribution < 1.29 is 14.3 Å². The van der Waals surface area contributed by atoms with Crippen LogP contribution in [0.5, 0.6) is 5.75 Å². The number of amides is 2. The summed E-state index contributed by atoms with van der Waals surface area (Å²) >= 11 is 0. The van der Waals surface area contributed by atoms with Gasteiger partial charge in [0.15, 0.2) is 0 Å². The number of anilines is 1. The molecule has 5 heteroatoms. The summed E-state index contributed by atoms with van der Waals surface area (Å²) in [5.74, 6) is 3.24. The first-order chi connectivity index (χ1) is 14.1. The topological polar surface area (TPSA) is 58.6 Å². The van der Waals surface area contributed by atoms with Crippen LogP contribution in [0.15, 0.2) is 24.3 Å². The standard InChI is InChI=1S/C24H32N2O3/c1-2-29-20-7-5-19(6-8-20)25-22(27)21-4-3-9-26(21)23(28)24-13-16-10-17(14-24)12-18(11-16)15-24/h5-8,16-18,21H,2-4,9-15H2,1H3,(H,25,27). The van der Waals surface area contributed by atoms with Gasteiger partial charge in [-0.15, -0.1) is 0 Å². The van der Waals surface area contributed by atoms with Crippen LogP contribution in [0.25, 0.3) is 0 Å². The van der Waals surface area contributed by atoms with Gasteiger partial charge in [0.1, 0.15) is 11.8 Å². The van der Waals surface area contributed by atoms with Gasteiger partial charge in [-0.1, -0.05) is 0 Å². The van der Waals surface area contributed by atoms with Crippen LogP contribution in [-0.2, 0) is 9.59 Å². The lowest BCUT2D eigenvalue weighted by atomic mass is 9.49. The zero-order valence-corrected chi connectivity index (χ0v) is 17.4. The molecule has 1 aromatic rings. The number of rotatable bonds is 5. The number of nitrogens with one attached hydrogen (secondary N) is 1. The Kier molecular flexibility index (Phi) is 4.79. The Morgan fingerprint density at radius 2 is 1.69 bits per heavy atom. The van der Waals surface area contributed by atoms with Gasteiger partial charge in [0.2, 0.25) is 11.8 Å². The molecule has 2 amide bonds. The second kappa shape index (κ2) is 7.33. The predicted octanol–water partition coefficient (Wildman–Crippen LogP) is 4.23. The number of carbonyl (C=O) groups is 2. The Labute approximate surface area is 173 Å². The van der Waals surface area contributed by atoms with E-state index in [0.717, 1.165) is 67.8 Å². The molecule has 1 aliphatic heterocycles. The Morgan fingerprint density at radius 1 is 1.07 bits per heavy atom. The number of hydrogen-bond acceptors (Lipinski definition) is 3. The fraction of sp³-hybridized carbons (Fsp3) is 0.667. The minimum absolute atomic E-state index is 0.0512. The molecule has 1 N–H and O–H groups in total. The van der Waals surface area contributed by atoms with Gasteiger partial charge in [0, 0.05) is 12.2 Å². The maximum Gasteiger partial charge on any atom is 0.247 e. The van der Waals surface area contributed by atoms with Crippen molar-refractivity contribution in [2.75, 3.05) is 18.5 Å². The molecule has 29 heavy (non-hydrogen) atoms. The number of likely N-dealkylation sites (tertiary alicyclic amines) is 1. The molecule has 6 rings (SSSR count). The molecule has 4 saturated carbocycles. The van der Waals surface area contributed by atoms with E-state index < -0.39 is 0 Å². The van der Waals surface area contributed by atoms with Crippen LogP contribution in [0.3, 0.4) is 0 Å². The molecule has 0 aromatic heterocycles. The maximum atomic E-state index is 13.7. The fourth-order valence-electron chi connectivity index (χ4n) is 6.99. The minimum Gasteiger partial charge on any atom is -0.494 e. The van der Waals surface area contributed by atoms with E-state index in [-0.39, 0.29) is 23.3 Å². The number of nitrogens with zero attached hydrogens (tertiary/aromatic N) is 1. The average molecular weight is 397 g/mol. The summed E-state index contributed by atoms with van der Waals surface area (Å²) in [4.78, 5) is 28.7. The maximum absolute atomic E-state index is 13.7. The van der Waals surface area contributed by atoms with Crippen molar-refractivity contribution in [1.82, 2.24) is 4.90 Å². The van der Waals surface area contributed by atoms with Crippen LogP contribution in [0.2, 0.25) is 0 Å². The summed E-state index contributed by atoms with van der Waals surface area (Å²) in [6.07, 6.45) is 8.84. The van der Waals surface area contributed by atoms with E-state index in [0.29, 0.717) is 6.61 Å². The molecule has 5 aliphatic rings. The van der Waals surface area contributed by atoms with Gasteiger partial charge in [-0.25, -0.2) is 0 Å². The summed E-state index contributed by atoms with van der Waals surface area (Å²) in [5, 5.41) is 3.02. The summed E-state index contributed by atoms with van der Waals surface area (Å²) < 4.78 is 5.47. The highest BCUT2D eigenvalue weighted by Crippen LogP contribution is 2.60. The molecule has 5 fully saturated rings. The molecule has 156 valence electrons. The molecular formula is C24H32N2O3. The largest absolute Gasteiger partial charge is 0.494 e. The molecular weight excluding hydrogens is 364 g/mol. The van der Waals surface area contributed by atoms with Crippen LogP contribution in [-0.4, -0.2) is 35.9 Å². The van der Waals surface area contributed by atoms with E-state index in [1.165, 1.54) is 19.3 Å². The lowest BCUT2D eigenvalue weighted by molar-refractivity contribution is -0.160. The van der Waals surface area contributed by atoms with Gasteiger partial charge in [0.05, 0.1) is 12.0 Å². The third kappa shape index (κ3) is 3.43. The smallest absolute Gasteiger partial charge is 0.247 e. The van der Waals surface area contributed by atoms with Crippen LogP contribution in [0.1, 0.15) is 58.3 Å². The summed E-state index contributed by atoms with van der Waals surface area (Å²) in [7, 11) is 0. The van der Waals surface area contributed by atoms with Gasteiger partial charge >= 0.3 is 0 Å². The van der Waals surface area contributed by atoms with E-state index in [1.807, 2.05) is 36.1 Å². The zero-order chi connectivity index (χ0) is 20.0. The van der Waals surface area contributed by atoms with Crippen LogP contribution in [0, 0.1) is 23.2 Å². The van der Waals surface area contributed by atoms with Crippen molar-refractivity contribution in [2.24, 2.45) is 23.2 Å². The quantitative estimate of drug-likeness (QED) is 0.810. The highest BCUT2D eigenvalue weighted by Gasteiger charge is 2.56. The van der Waals surface area contributed by atoms with Crippen molar-refractivity contribution in [2.45, 2.75) is 64.3 Å². The van der Waals surface area contributed by atoms with Crippen molar-refractivity contribution >= 4 is 17.5 Å². The van der Waals surface area contributed by atoms with E-state index in [1.54, 1.807) is 0 Å². The number of carbonyl (C=O) groups excluding carboxylic acids is 2. The summed E-state index contributed by atoms with van der Waals surface area (Å²) in [5.41, 5.74) is 0.587. The van der Waals surface area contributed by atoms with Crippen LogP contribution >= 0.6 is 0 Å². The first-order valence-corrected chi connectivity index (χ1v) is 11.4. The Bertz CT molecular complexity index is 753. The second-order valence-corrected chi connectivity index (χ2v) is 9.80. The highest BCUT2D eigenvalue weighted by atomic mass is 16.5. The molecule has 0 radical (unpaired) electrons. The Morgan fingerprint density at radius 3 is 2.28 bits per heavy atom. The Balaban J connectivity index is 1.28. The van der Waals surface area contributed by atoms with Crippen molar-refractivity contribution in [3.8, 4) is 5.75 Å². The predicted molar refractivity (Wildman–Crippen MR) is 112 cm³/mol. The summed E-state index contributed by atoms with van der Waals surface area (Å²) in [6, 6.07) is 7.13. The molecule has 1 heterocycles. The monoisotopic (exact) mass is 396 g/mol. The van der Waals surface area contributed by atoms with Gasteiger partial charge in [-0.3, -0.25) is 9.59 Å². The molecule has 4 aliphatic carbocycles. The number of ether oxygens (including phenoxy) is 1. The molecule has 1 atom stereocenters. The molecule has 4 bridgehead atoms. The van der Waals surface area contributed by atoms with Gasteiger partial charge in [-0.05, 0) is 100 Å². The lowest BCUT2D eigenvalue weighted by Gasteiger charge is -2.56. The van der Waals surface area contributed by atoms with E-state index in [4.69, 9.17) is 4.74 Å². The Hall–Kier alpha value is -2.04. The second-order valence-electron chi connectivity index (χ2n) is 9.80. The van der Waals surface area contributed by atoms with E-state index >= 15 is 0 Å². The molecule has 1 unspecified atom stereocenters. The third-order valence-corrected chi connectivity index (χ3v) is 7.74. The third-order valence-electron chi connectivity index (χ3n) is 7.74. The fourth-order valence-corrected chi connectivity index (χ4v) is 6.99. The van der Waals surface area contributed by atoms with Crippen molar-refractivity contribution in [3.63, 3.8) is 0 Å². The molecule has 1 aromatic carbocycles. The van der Waals surface area contributed by atoms with E-state index in [2.05, 4.69) is 5.32 Å². The highest BCUT2D eigenvalue weighted by molar-refractivity contribution is 5.98. The SMILES string of the molecule is CCOc1ccc(NC(=O)C2CCCN2C(=O)C23CC4CC(CC(C4)C2)C3)cc1. The van der Waals surface area contributed by atoms with Crippen molar-refractivity contribution in [1.29, 1.82) is 0 Å². The van der Waals surface area contributed by atoms with Gasteiger partial charge in [-0.2, -0.15) is 0 Å². The molecule has 0 spiro atoms. The van der Waals surface area contributed by atoms with Crippen molar-refractivity contribution in [3.05, 3.63) is 24.3 Å². The number of hydrogen-bond donors (Lipinski definition) is 1. The first-order valence-electron chi connectivity index (χ1n) is 11.4. The minimum atomic E-state index is -0.331. The van der Waals surface area contributed by atoms with E-state index in [9.17, 15) is 9.59 Å². The molecule has 5 nitrogen and oxygen atoms in total. The van der Waals surface area contributed by atoms with Gasteiger partial charge < -0.3 is 15.0 Å². The van der Waals surface area contributed by atoms with Crippen LogP contribution < -0.4 is 10.1 Å². The lowest BCUT2D eigenvalue weighted by Crippen LogP contribution is -2.56. The van der Waals surface area contributed by atoms with Crippen LogP contribution in [0.4, 0.5) is 5.69 Å². The molecule has 1 saturated heterocycles. The number of benzene rings is 1. The normalized spacial score (nSPS) is 35.0. The summed E-state index contributed by atoms with van der Waals surface area (Å²) in [6.45, 7) is 3.29.